The molecule has 1 heterocycles. The molecule has 1 aromatic carbocycles. The van der Waals surface area contributed by atoms with Gasteiger partial charge in [0, 0.05) is 23.2 Å². The van der Waals surface area contributed by atoms with Gasteiger partial charge in [0.25, 0.3) is 0 Å². The molecule has 0 aliphatic rings. The number of benzene rings is 1. The number of anilines is 1. The molecule has 0 aliphatic carbocycles. The van der Waals surface area contributed by atoms with Crippen LogP contribution in [0.4, 0.5) is 5.82 Å². The van der Waals surface area contributed by atoms with Crippen LogP contribution in [0.3, 0.4) is 0 Å². The Kier molecular flexibility index (Phi) is 10.3. The molecule has 172 valence electrons. The summed E-state index contributed by atoms with van der Waals surface area (Å²) in [6, 6.07) is 3.74. The van der Waals surface area contributed by atoms with Gasteiger partial charge in [-0.2, -0.15) is 0 Å². The van der Waals surface area contributed by atoms with E-state index in [4.69, 9.17) is 4.74 Å². The molecule has 6 nitrogen and oxygen atoms in total. The Morgan fingerprint density at radius 1 is 1.16 bits per heavy atom. The molecule has 0 saturated carbocycles. The number of allylic oxidation sites excluding steroid dienone is 1. The van der Waals surface area contributed by atoms with Crippen molar-refractivity contribution in [3.05, 3.63) is 29.6 Å². The van der Waals surface area contributed by atoms with Crippen LogP contribution in [0, 0.1) is 0 Å². The van der Waals surface area contributed by atoms with E-state index in [2.05, 4.69) is 20.3 Å². The van der Waals surface area contributed by atoms with E-state index in [1.54, 1.807) is 7.05 Å². The molecule has 0 amide bonds. The SMILES string of the molecule is CC.CCCOc1cc2ncnc(NC(=NC)C(C)=C(C)C)c2cc1S(=O)C(C)(C)C. The zero-order chi connectivity index (χ0) is 23.8. The van der Waals surface area contributed by atoms with Crippen LogP contribution < -0.4 is 10.1 Å². The van der Waals surface area contributed by atoms with Gasteiger partial charge >= 0.3 is 0 Å². The fraction of sp³-hybridized carbons (Fsp3) is 0.542. The first-order chi connectivity index (χ1) is 14.6. The van der Waals surface area contributed by atoms with Crippen molar-refractivity contribution in [2.45, 2.75) is 78.4 Å². The maximum Gasteiger partial charge on any atom is 0.142 e. The molecular formula is C24H38N4O2S. The molecule has 1 atom stereocenters. The van der Waals surface area contributed by atoms with Gasteiger partial charge in [0.05, 0.1) is 27.8 Å². The summed E-state index contributed by atoms with van der Waals surface area (Å²) in [7, 11) is 0.486. The monoisotopic (exact) mass is 446 g/mol. The lowest BCUT2D eigenvalue weighted by Gasteiger charge is -2.21. The second kappa shape index (κ2) is 11.9. The predicted molar refractivity (Wildman–Crippen MR) is 134 cm³/mol. The van der Waals surface area contributed by atoms with Crippen molar-refractivity contribution < 1.29 is 8.95 Å². The zero-order valence-electron chi connectivity index (χ0n) is 20.7. The van der Waals surface area contributed by atoms with Gasteiger partial charge < -0.3 is 10.1 Å². The normalized spacial score (nSPS) is 12.6. The predicted octanol–water partition coefficient (Wildman–Crippen LogP) is 6.15. The molecule has 0 spiro atoms. The summed E-state index contributed by atoms with van der Waals surface area (Å²) >= 11 is 0. The molecule has 31 heavy (non-hydrogen) atoms. The first-order valence-electron chi connectivity index (χ1n) is 10.8. The number of nitrogens with one attached hydrogen (secondary N) is 1. The number of hydrogen-bond acceptors (Lipinski definition) is 5. The Morgan fingerprint density at radius 2 is 1.81 bits per heavy atom. The summed E-state index contributed by atoms with van der Waals surface area (Å²) in [5.41, 5.74) is 2.95. The first kappa shape index (κ1) is 26.8. The zero-order valence-corrected chi connectivity index (χ0v) is 21.5. The average Bonchev–Trinajstić information content (AvgIpc) is 2.75. The molecule has 0 saturated heterocycles. The third-order valence-corrected chi connectivity index (χ3v) is 6.31. The highest BCUT2D eigenvalue weighted by atomic mass is 32.2. The molecule has 7 heteroatoms. The van der Waals surface area contributed by atoms with Gasteiger partial charge in [0.15, 0.2) is 0 Å². The third kappa shape index (κ3) is 6.86. The number of amidine groups is 1. The summed E-state index contributed by atoms with van der Waals surface area (Å²) in [5, 5.41) is 4.11. The minimum atomic E-state index is -1.26. The fourth-order valence-corrected chi connectivity index (χ4v) is 3.81. The lowest BCUT2D eigenvalue weighted by molar-refractivity contribution is 0.310. The van der Waals surface area contributed by atoms with Gasteiger partial charge in [-0.1, -0.05) is 26.3 Å². The lowest BCUT2D eigenvalue weighted by Crippen LogP contribution is -2.22. The van der Waals surface area contributed by atoms with Gasteiger partial charge in [-0.25, -0.2) is 9.97 Å². The maximum absolute atomic E-state index is 13.2. The summed E-state index contributed by atoms with van der Waals surface area (Å²) in [6.07, 6.45) is 2.38. The third-order valence-electron chi connectivity index (χ3n) is 4.48. The van der Waals surface area contributed by atoms with Crippen molar-refractivity contribution in [2.24, 2.45) is 4.99 Å². The fourth-order valence-electron chi connectivity index (χ4n) is 2.63. The van der Waals surface area contributed by atoms with Crippen molar-refractivity contribution in [1.82, 2.24) is 9.97 Å². The number of aromatic nitrogens is 2. The highest BCUT2D eigenvalue weighted by Gasteiger charge is 2.26. The van der Waals surface area contributed by atoms with Gasteiger partial charge in [-0.3, -0.25) is 9.20 Å². The largest absolute Gasteiger partial charge is 0.492 e. The smallest absolute Gasteiger partial charge is 0.142 e. The number of aliphatic imine (C=N–C) groups is 1. The standard InChI is InChI=1S/C22H32N4O2S.C2H6/c1-9-10-28-18-12-17-16(11-19(18)29(27)22(5,6)7)21(25-13-24-17)26-20(23-8)15(4)14(2)3;1-2/h11-13H,9-10H2,1-8H3,(H,23,24,25,26);1-2H3. The van der Waals surface area contributed by atoms with Crippen LogP contribution in [0.2, 0.25) is 0 Å². The van der Waals surface area contributed by atoms with Gasteiger partial charge in [0.2, 0.25) is 0 Å². The van der Waals surface area contributed by atoms with Crippen molar-refractivity contribution in [2.75, 3.05) is 19.0 Å². The van der Waals surface area contributed by atoms with Crippen molar-refractivity contribution >= 4 is 33.4 Å². The number of ether oxygens (including phenoxy) is 1. The Bertz CT molecular complexity index is 971. The van der Waals surface area contributed by atoms with Crippen LogP contribution in [0.1, 0.15) is 68.7 Å². The number of rotatable bonds is 6. The lowest BCUT2D eigenvalue weighted by atomic mass is 10.1. The Morgan fingerprint density at radius 3 is 2.32 bits per heavy atom. The van der Waals surface area contributed by atoms with Crippen LogP contribution in [-0.2, 0) is 10.8 Å². The first-order valence-corrected chi connectivity index (χ1v) is 12.0. The highest BCUT2D eigenvalue weighted by molar-refractivity contribution is 7.86. The highest BCUT2D eigenvalue weighted by Crippen LogP contribution is 2.34. The van der Waals surface area contributed by atoms with Crippen LogP contribution in [0.5, 0.6) is 5.75 Å². The van der Waals surface area contributed by atoms with Crippen molar-refractivity contribution in [3.63, 3.8) is 0 Å². The minimum absolute atomic E-state index is 0.421. The molecule has 0 aliphatic heterocycles. The summed E-state index contributed by atoms with van der Waals surface area (Å²) < 4.78 is 18.7. The second-order valence-corrected chi connectivity index (χ2v) is 10.3. The Labute approximate surface area is 190 Å². The topological polar surface area (TPSA) is 76.5 Å². The molecule has 0 bridgehead atoms. The van der Waals surface area contributed by atoms with E-state index in [0.29, 0.717) is 23.1 Å². The van der Waals surface area contributed by atoms with Crippen LogP contribution in [0.25, 0.3) is 10.9 Å². The van der Waals surface area contributed by atoms with Gasteiger partial charge in [-0.05, 0) is 59.6 Å². The van der Waals surface area contributed by atoms with Gasteiger partial charge in [-0.15, -0.1) is 0 Å². The van der Waals surface area contributed by atoms with E-state index in [9.17, 15) is 4.21 Å². The van der Waals surface area contributed by atoms with E-state index in [-0.39, 0.29) is 0 Å². The quantitative estimate of drug-likeness (QED) is 0.425. The van der Waals surface area contributed by atoms with Crippen LogP contribution in [0.15, 0.2) is 39.5 Å². The van der Waals surface area contributed by atoms with E-state index in [1.807, 2.05) is 74.4 Å². The minimum Gasteiger partial charge on any atom is -0.492 e. The number of hydrogen-bond donors (Lipinski definition) is 1. The molecule has 2 aromatic rings. The van der Waals surface area contributed by atoms with Crippen LogP contribution in [-0.4, -0.2) is 38.4 Å². The van der Waals surface area contributed by atoms with Crippen molar-refractivity contribution in [1.29, 1.82) is 0 Å². The van der Waals surface area contributed by atoms with E-state index in [1.165, 1.54) is 11.9 Å². The van der Waals surface area contributed by atoms with Crippen LogP contribution >= 0.6 is 0 Å². The number of fused-ring (bicyclic) bond motifs is 1. The van der Waals surface area contributed by atoms with E-state index in [0.717, 1.165) is 28.7 Å². The molecule has 1 unspecified atom stereocenters. The maximum atomic E-state index is 13.2. The average molecular weight is 447 g/mol. The molecule has 1 N–H and O–H groups in total. The molecule has 2 rings (SSSR count). The Hall–Kier alpha value is -2.28. The summed E-state index contributed by atoms with van der Waals surface area (Å²) in [6.45, 7) is 18.6. The van der Waals surface area contributed by atoms with E-state index < -0.39 is 15.5 Å². The van der Waals surface area contributed by atoms with E-state index >= 15 is 0 Å². The number of nitrogens with zero attached hydrogens (tertiary/aromatic N) is 3. The molecule has 0 radical (unpaired) electrons. The second-order valence-electron chi connectivity index (χ2n) is 8.09. The summed E-state index contributed by atoms with van der Waals surface area (Å²) in [5.74, 6) is 1.99. The Balaban J connectivity index is 0.00000233. The van der Waals surface area contributed by atoms with Gasteiger partial charge in [0.1, 0.15) is 23.7 Å². The molecule has 0 fully saturated rings. The summed E-state index contributed by atoms with van der Waals surface area (Å²) in [4.78, 5) is 13.9. The van der Waals surface area contributed by atoms with Crippen molar-refractivity contribution in [3.8, 4) is 5.75 Å². The molecule has 1 aromatic heterocycles. The molecular weight excluding hydrogens is 408 g/mol.